The van der Waals surface area contributed by atoms with Crippen LogP contribution >= 0.6 is 11.6 Å². The van der Waals surface area contributed by atoms with Crippen LogP contribution in [0.3, 0.4) is 0 Å². The summed E-state index contributed by atoms with van der Waals surface area (Å²) in [5, 5.41) is 3.37. The average Bonchev–Trinajstić information content (AvgIpc) is 2.82. The molecule has 0 atom stereocenters. The molecule has 0 saturated heterocycles. The molecule has 3 rings (SSSR count). The zero-order valence-electron chi connectivity index (χ0n) is 17.6. The first kappa shape index (κ1) is 22.9. The lowest BCUT2D eigenvalue weighted by Gasteiger charge is -2.11. The van der Waals surface area contributed by atoms with E-state index in [-0.39, 0.29) is 18.3 Å². The van der Waals surface area contributed by atoms with Gasteiger partial charge in [0, 0.05) is 22.3 Å². The summed E-state index contributed by atoms with van der Waals surface area (Å²) in [4.78, 5) is 24.5. The van der Waals surface area contributed by atoms with E-state index in [1.165, 1.54) is 13.2 Å². The summed E-state index contributed by atoms with van der Waals surface area (Å²) in [7, 11) is 3.06. The number of anilines is 1. The van der Waals surface area contributed by atoms with E-state index in [1.807, 2.05) is 12.1 Å². The molecular weight excluding hydrogens is 430 g/mol. The smallest absolute Gasteiger partial charge is 0.262 e. The van der Waals surface area contributed by atoms with Crippen molar-refractivity contribution < 1.29 is 23.8 Å². The molecule has 0 aliphatic heterocycles. The number of methoxy groups -OCH3 is 2. The molecule has 0 spiro atoms. The fraction of sp³-hybridized carbons (Fsp3) is 0.120. The van der Waals surface area contributed by atoms with Crippen LogP contribution in [0, 0.1) is 0 Å². The Balaban J connectivity index is 1.52. The molecule has 3 aromatic carbocycles. The van der Waals surface area contributed by atoms with Crippen LogP contribution in [-0.4, -0.2) is 32.5 Å². The summed E-state index contributed by atoms with van der Waals surface area (Å²) < 4.78 is 15.9. The first-order valence-corrected chi connectivity index (χ1v) is 10.1. The zero-order valence-corrected chi connectivity index (χ0v) is 18.4. The first-order chi connectivity index (χ1) is 15.5. The minimum atomic E-state index is -0.330. The normalized spacial score (nSPS) is 10.6. The van der Waals surface area contributed by atoms with Gasteiger partial charge in [0.1, 0.15) is 5.75 Å². The van der Waals surface area contributed by atoms with Crippen LogP contribution < -0.4 is 19.5 Å². The molecule has 0 unspecified atom stereocenters. The molecule has 1 amide bonds. The molecule has 0 aliphatic carbocycles. The standard InChI is InChI=1S/C25H22ClNO5/c1-30-23-14-10-20(15-24(23)31-2)27-25(29)16-32-21-11-6-18(7-12-21)22(28)13-5-17-3-8-19(26)9-4-17/h3-15H,16H2,1-2H3,(H,27,29)/b13-5+. The van der Waals surface area contributed by atoms with Crippen LogP contribution in [0.5, 0.6) is 17.2 Å². The van der Waals surface area contributed by atoms with Crippen molar-refractivity contribution in [2.45, 2.75) is 0 Å². The van der Waals surface area contributed by atoms with Crippen molar-refractivity contribution in [2.24, 2.45) is 0 Å². The Labute approximate surface area is 191 Å². The van der Waals surface area contributed by atoms with Gasteiger partial charge < -0.3 is 19.5 Å². The molecular formula is C25H22ClNO5. The first-order valence-electron chi connectivity index (χ1n) is 9.71. The van der Waals surface area contributed by atoms with E-state index in [4.69, 9.17) is 25.8 Å². The van der Waals surface area contributed by atoms with E-state index in [1.54, 1.807) is 67.8 Å². The fourth-order valence-corrected chi connectivity index (χ4v) is 2.94. The maximum absolute atomic E-state index is 12.3. The number of nitrogens with one attached hydrogen (secondary N) is 1. The second-order valence-corrected chi connectivity index (χ2v) is 7.12. The van der Waals surface area contributed by atoms with Crippen molar-refractivity contribution in [1.82, 2.24) is 0 Å². The third-order valence-electron chi connectivity index (χ3n) is 4.47. The molecule has 0 radical (unpaired) electrons. The zero-order chi connectivity index (χ0) is 22.9. The lowest BCUT2D eigenvalue weighted by Crippen LogP contribution is -2.20. The molecule has 164 valence electrons. The topological polar surface area (TPSA) is 73.9 Å². The summed E-state index contributed by atoms with van der Waals surface area (Å²) in [6.45, 7) is -0.182. The van der Waals surface area contributed by atoms with Crippen molar-refractivity contribution in [1.29, 1.82) is 0 Å². The molecule has 1 N–H and O–H groups in total. The van der Waals surface area contributed by atoms with E-state index in [9.17, 15) is 9.59 Å². The number of hydrogen-bond donors (Lipinski definition) is 1. The minimum Gasteiger partial charge on any atom is -0.493 e. The maximum atomic E-state index is 12.3. The fourth-order valence-electron chi connectivity index (χ4n) is 2.82. The Morgan fingerprint density at radius 1 is 0.906 bits per heavy atom. The summed E-state index contributed by atoms with van der Waals surface area (Å²) in [6, 6.07) is 18.8. The van der Waals surface area contributed by atoms with Crippen LogP contribution in [0.1, 0.15) is 15.9 Å². The number of hydrogen-bond acceptors (Lipinski definition) is 5. The Kier molecular flexibility index (Phi) is 7.89. The maximum Gasteiger partial charge on any atom is 0.262 e. The lowest BCUT2D eigenvalue weighted by atomic mass is 10.1. The number of carbonyl (C=O) groups is 2. The summed E-state index contributed by atoms with van der Waals surface area (Å²) in [6.07, 6.45) is 3.22. The molecule has 0 heterocycles. The van der Waals surface area contributed by atoms with Crippen molar-refractivity contribution >= 4 is 35.1 Å². The van der Waals surface area contributed by atoms with E-state index < -0.39 is 0 Å². The highest BCUT2D eigenvalue weighted by Gasteiger charge is 2.09. The SMILES string of the molecule is COc1ccc(NC(=O)COc2ccc(C(=O)/C=C/c3ccc(Cl)cc3)cc2)cc1OC. The Morgan fingerprint density at radius 3 is 2.25 bits per heavy atom. The number of allylic oxidation sites excluding steroid dienone is 1. The van der Waals surface area contributed by atoms with Gasteiger partial charge in [0.2, 0.25) is 0 Å². The Bertz CT molecular complexity index is 1110. The number of ketones is 1. The Morgan fingerprint density at radius 2 is 1.59 bits per heavy atom. The molecule has 0 saturated carbocycles. The molecule has 0 fully saturated rings. The van der Waals surface area contributed by atoms with Gasteiger partial charge in [-0.05, 0) is 60.2 Å². The van der Waals surface area contributed by atoms with E-state index >= 15 is 0 Å². The van der Waals surface area contributed by atoms with E-state index in [0.29, 0.717) is 33.5 Å². The monoisotopic (exact) mass is 451 g/mol. The van der Waals surface area contributed by atoms with E-state index in [2.05, 4.69) is 5.32 Å². The van der Waals surface area contributed by atoms with Crippen LogP contribution in [0.15, 0.2) is 72.8 Å². The highest BCUT2D eigenvalue weighted by Crippen LogP contribution is 2.29. The molecule has 3 aromatic rings. The number of rotatable bonds is 9. The second-order valence-electron chi connectivity index (χ2n) is 6.68. The molecule has 6 nitrogen and oxygen atoms in total. The number of benzene rings is 3. The van der Waals surface area contributed by atoms with Crippen LogP contribution in [0.2, 0.25) is 5.02 Å². The number of halogens is 1. The predicted molar refractivity (Wildman–Crippen MR) is 125 cm³/mol. The second kappa shape index (κ2) is 11.0. The van der Waals surface area contributed by atoms with Crippen LogP contribution in [0.4, 0.5) is 5.69 Å². The van der Waals surface area contributed by atoms with Gasteiger partial charge in [0.05, 0.1) is 14.2 Å². The third-order valence-corrected chi connectivity index (χ3v) is 4.73. The number of amides is 1. The number of ether oxygens (including phenoxy) is 3. The quantitative estimate of drug-likeness (QED) is 0.354. The average molecular weight is 452 g/mol. The van der Waals surface area contributed by atoms with Gasteiger partial charge in [-0.2, -0.15) is 0 Å². The van der Waals surface area contributed by atoms with Crippen molar-refractivity contribution in [3.63, 3.8) is 0 Å². The van der Waals surface area contributed by atoms with Crippen molar-refractivity contribution in [3.05, 3.63) is 89.0 Å². The lowest BCUT2D eigenvalue weighted by molar-refractivity contribution is -0.118. The van der Waals surface area contributed by atoms with Crippen molar-refractivity contribution in [3.8, 4) is 17.2 Å². The Hall–Kier alpha value is -3.77. The third kappa shape index (κ3) is 6.36. The van der Waals surface area contributed by atoms with Crippen LogP contribution in [0.25, 0.3) is 6.08 Å². The molecule has 7 heteroatoms. The van der Waals surface area contributed by atoms with Gasteiger partial charge in [-0.1, -0.05) is 29.8 Å². The van der Waals surface area contributed by atoms with Gasteiger partial charge >= 0.3 is 0 Å². The minimum absolute atomic E-state index is 0.141. The largest absolute Gasteiger partial charge is 0.493 e. The van der Waals surface area contributed by atoms with Gasteiger partial charge in [-0.3, -0.25) is 9.59 Å². The summed E-state index contributed by atoms with van der Waals surface area (Å²) in [5.74, 6) is 1.09. The summed E-state index contributed by atoms with van der Waals surface area (Å²) >= 11 is 5.86. The van der Waals surface area contributed by atoms with Gasteiger partial charge in [0.15, 0.2) is 23.9 Å². The van der Waals surface area contributed by atoms with Crippen LogP contribution in [-0.2, 0) is 4.79 Å². The number of carbonyl (C=O) groups excluding carboxylic acids is 2. The molecule has 0 aliphatic rings. The van der Waals surface area contributed by atoms with Gasteiger partial charge in [-0.15, -0.1) is 0 Å². The van der Waals surface area contributed by atoms with Gasteiger partial charge in [-0.25, -0.2) is 0 Å². The predicted octanol–water partition coefficient (Wildman–Crippen LogP) is 5.27. The molecule has 0 aromatic heterocycles. The molecule has 0 bridgehead atoms. The highest BCUT2D eigenvalue weighted by molar-refractivity contribution is 6.30. The summed E-state index contributed by atoms with van der Waals surface area (Å²) in [5.41, 5.74) is 1.95. The van der Waals surface area contributed by atoms with E-state index in [0.717, 1.165) is 5.56 Å². The van der Waals surface area contributed by atoms with Gasteiger partial charge in [0.25, 0.3) is 5.91 Å². The van der Waals surface area contributed by atoms with Crippen molar-refractivity contribution in [2.75, 3.05) is 26.1 Å². The highest BCUT2D eigenvalue weighted by atomic mass is 35.5. The molecule has 32 heavy (non-hydrogen) atoms.